The number of anilines is 1. The summed E-state index contributed by atoms with van der Waals surface area (Å²) in [6, 6.07) is 10.7. The standard InChI is InChI=1S/C27H35N3O4/c1-26(2,3)19-33-25(31)30-10-8-27(9-11-30)17-22-16-20(4-6-23(22)34-27)21-5-7-24(28-18-21)29-12-14-32-15-13-29/h4-7,16,18H,8-15,17,19H2,1-3H3. The van der Waals surface area contributed by atoms with Gasteiger partial charge in [-0.05, 0) is 40.8 Å². The summed E-state index contributed by atoms with van der Waals surface area (Å²) in [6.45, 7) is 11.2. The maximum absolute atomic E-state index is 12.4. The van der Waals surface area contributed by atoms with E-state index in [9.17, 15) is 4.79 Å². The van der Waals surface area contributed by atoms with Gasteiger partial charge >= 0.3 is 6.09 Å². The first-order chi connectivity index (χ1) is 16.3. The summed E-state index contributed by atoms with van der Waals surface area (Å²) >= 11 is 0. The highest BCUT2D eigenvalue weighted by molar-refractivity contribution is 5.68. The Morgan fingerprint density at radius 3 is 2.47 bits per heavy atom. The molecule has 1 aromatic carbocycles. The minimum absolute atomic E-state index is 0.0288. The second-order valence-electron chi connectivity index (χ2n) is 10.9. The van der Waals surface area contributed by atoms with Gasteiger partial charge in [-0.3, -0.25) is 0 Å². The van der Waals surface area contributed by atoms with Gasteiger partial charge in [0.1, 0.15) is 17.2 Å². The van der Waals surface area contributed by atoms with E-state index in [1.54, 1.807) is 0 Å². The highest BCUT2D eigenvalue weighted by atomic mass is 16.6. The number of pyridine rings is 1. The average molecular weight is 466 g/mol. The summed E-state index contributed by atoms with van der Waals surface area (Å²) in [5.74, 6) is 1.97. The van der Waals surface area contributed by atoms with Gasteiger partial charge in [0.2, 0.25) is 0 Å². The van der Waals surface area contributed by atoms with Gasteiger partial charge in [0.15, 0.2) is 0 Å². The first-order valence-electron chi connectivity index (χ1n) is 12.3. The number of likely N-dealkylation sites (tertiary alicyclic amines) is 1. The molecule has 0 N–H and O–H groups in total. The van der Waals surface area contributed by atoms with E-state index < -0.39 is 0 Å². The van der Waals surface area contributed by atoms with Crippen molar-refractivity contribution in [2.75, 3.05) is 50.9 Å². The summed E-state index contributed by atoms with van der Waals surface area (Å²) < 4.78 is 17.4. The zero-order valence-electron chi connectivity index (χ0n) is 20.5. The number of rotatable bonds is 3. The molecule has 5 rings (SSSR count). The lowest BCUT2D eigenvalue weighted by atomic mass is 9.87. The van der Waals surface area contributed by atoms with Crippen LogP contribution in [0.1, 0.15) is 39.2 Å². The van der Waals surface area contributed by atoms with E-state index in [0.29, 0.717) is 19.7 Å². The topological polar surface area (TPSA) is 64.1 Å². The molecule has 0 radical (unpaired) electrons. The van der Waals surface area contributed by atoms with Crippen molar-refractivity contribution in [1.29, 1.82) is 0 Å². The van der Waals surface area contributed by atoms with Crippen molar-refractivity contribution in [3.05, 3.63) is 42.1 Å². The lowest BCUT2D eigenvalue weighted by molar-refractivity contribution is 0.00956. The molecule has 1 amide bonds. The second kappa shape index (κ2) is 9.10. The van der Waals surface area contributed by atoms with Crippen LogP contribution in [0.4, 0.5) is 10.6 Å². The van der Waals surface area contributed by atoms with Crippen LogP contribution in [0.2, 0.25) is 0 Å². The van der Waals surface area contributed by atoms with E-state index in [4.69, 9.17) is 19.2 Å². The van der Waals surface area contributed by atoms with E-state index >= 15 is 0 Å². The van der Waals surface area contributed by atoms with Crippen LogP contribution in [0.3, 0.4) is 0 Å². The summed E-state index contributed by atoms with van der Waals surface area (Å²) in [5.41, 5.74) is 3.25. The molecule has 0 saturated carbocycles. The smallest absolute Gasteiger partial charge is 0.409 e. The van der Waals surface area contributed by atoms with Gasteiger partial charge in [-0.15, -0.1) is 0 Å². The molecular weight excluding hydrogens is 430 g/mol. The molecule has 0 unspecified atom stereocenters. The summed E-state index contributed by atoms with van der Waals surface area (Å²) in [6.07, 6.45) is 4.25. The minimum atomic E-state index is -0.222. The van der Waals surface area contributed by atoms with Crippen molar-refractivity contribution in [3.8, 4) is 16.9 Å². The number of aromatic nitrogens is 1. The van der Waals surface area contributed by atoms with Crippen LogP contribution in [0.25, 0.3) is 11.1 Å². The fraction of sp³-hybridized carbons (Fsp3) is 0.556. The van der Waals surface area contributed by atoms with Crippen molar-refractivity contribution in [2.24, 2.45) is 5.41 Å². The zero-order valence-corrected chi connectivity index (χ0v) is 20.5. The lowest BCUT2D eigenvalue weighted by Crippen LogP contribution is -2.49. The number of morpholine rings is 1. The minimum Gasteiger partial charge on any atom is -0.487 e. The fourth-order valence-corrected chi connectivity index (χ4v) is 4.89. The SMILES string of the molecule is CC(C)(C)COC(=O)N1CCC2(CC1)Cc1cc(-c3ccc(N4CCOCC4)nc3)ccc1O2. The van der Waals surface area contributed by atoms with Crippen molar-refractivity contribution in [2.45, 2.75) is 45.6 Å². The van der Waals surface area contributed by atoms with Gasteiger partial charge in [-0.25, -0.2) is 9.78 Å². The highest BCUT2D eigenvalue weighted by Crippen LogP contribution is 2.42. The Bertz CT molecular complexity index is 1020. The number of carbonyl (C=O) groups is 1. The molecule has 2 aromatic rings. The third-order valence-electron chi connectivity index (χ3n) is 6.88. The largest absolute Gasteiger partial charge is 0.487 e. The molecule has 1 spiro atoms. The number of amides is 1. The van der Waals surface area contributed by atoms with Gasteiger partial charge in [-0.1, -0.05) is 26.8 Å². The van der Waals surface area contributed by atoms with Crippen molar-refractivity contribution in [3.63, 3.8) is 0 Å². The van der Waals surface area contributed by atoms with Crippen LogP contribution in [0.15, 0.2) is 36.5 Å². The van der Waals surface area contributed by atoms with Crippen molar-refractivity contribution in [1.82, 2.24) is 9.88 Å². The molecule has 2 saturated heterocycles. The third-order valence-corrected chi connectivity index (χ3v) is 6.88. The fourth-order valence-electron chi connectivity index (χ4n) is 4.89. The highest BCUT2D eigenvalue weighted by Gasteiger charge is 2.43. The predicted molar refractivity (Wildman–Crippen MR) is 131 cm³/mol. The summed E-state index contributed by atoms with van der Waals surface area (Å²) in [5, 5.41) is 0. The van der Waals surface area contributed by atoms with E-state index in [2.05, 4.69) is 56.0 Å². The van der Waals surface area contributed by atoms with Gasteiger partial charge in [0.25, 0.3) is 0 Å². The third kappa shape index (κ3) is 4.99. The molecule has 182 valence electrons. The van der Waals surface area contributed by atoms with E-state index in [0.717, 1.165) is 68.3 Å². The molecule has 0 bridgehead atoms. The normalized spacial score (nSPS) is 19.6. The number of hydrogen-bond acceptors (Lipinski definition) is 6. The predicted octanol–water partition coefficient (Wildman–Crippen LogP) is 4.54. The molecule has 7 nitrogen and oxygen atoms in total. The monoisotopic (exact) mass is 465 g/mol. The number of hydrogen-bond donors (Lipinski definition) is 0. The molecule has 0 aliphatic carbocycles. The lowest BCUT2D eigenvalue weighted by Gasteiger charge is -2.38. The maximum Gasteiger partial charge on any atom is 0.409 e. The first-order valence-corrected chi connectivity index (χ1v) is 12.3. The maximum atomic E-state index is 12.4. The second-order valence-corrected chi connectivity index (χ2v) is 10.9. The molecule has 3 aliphatic rings. The first kappa shape index (κ1) is 23.0. The van der Waals surface area contributed by atoms with E-state index in [-0.39, 0.29) is 17.1 Å². The van der Waals surface area contributed by atoms with Crippen LogP contribution in [-0.2, 0) is 15.9 Å². The number of carbonyl (C=O) groups excluding carboxylic acids is 1. The van der Waals surface area contributed by atoms with Crippen LogP contribution in [0, 0.1) is 5.41 Å². The number of fused-ring (bicyclic) bond motifs is 1. The van der Waals surface area contributed by atoms with E-state index in [1.807, 2.05) is 11.1 Å². The Hall–Kier alpha value is -2.80. The number of benzene rings is 1. The van der Waals surface area contributed by atoms with Crippen molar-refractivity contribution >= 4 is 11.9 Å². The Labute approximate surface area is 202 Å². The quantitative estimate of drug-likeness (QED) is 0.663. The Balaban J connectivity index is 1.21. The Morgan fingerprint density at radius 1 is 1.06 bits per heavy atom. The van der Waals surface area contributed by atoms with Crippen LogP contribution >= 0.6 is 0 Å². The van der Waals surface area contributed by atoms with E-state index in [1.165, 1.54) is 5.56 Å². The number of nitrogens with zero attached hydrogens (tertiary/aromatic N) is 3. The molecule has 1 aromatic heterocycles. The van der Waals surface area contributed by atoms with Gasteiger partial charge in [0.05, 0.1) is 19.8 Å². The summed E-state index contributed by atoms with van der Waals surface area (Å²) in [7, 11) is 0. The van der Waals surface area contributed by atoms with Crippen LogP contribution < -0.4 is 9.64 Å². The van der Waals surface area contributed by atoms with Crippen LogP contribution in [0.5, 0.6) is 5.75 Å². The molecule has 4 heterocycles. The average Bonchev–Trinajstić information content (AvgIpc) is 3.20. The molecule has 7 heteroatoms. The number of ether oxygens (including phenoxy) is 3. The molecular formula is C27H35N3O4. The van der Waals surface area contributed by atoms with Crippen molar-refractivity contribution < 1.29 is 19.0 Å². The van der Waals surface area contributed by atoms with Gasteiger partial charge in [-0.2, -0.15) is 0 Å². The van der Waals surface area contributed by atoms with Gasteiger partial charge < -0.3 is 24.0 Å². The molecule has 2 fully saturated rings. The molecule has 0 atom stereocenters. The molecule has 3 aliphatic heterocycles. The number of piperidine rings is 1. The zero-order chi connectivity index (χ0) is 23.8. The molecule has 34 heavy (non-hydrogen) atoms. The summed E-state index contributed by atoms with van der Waals surface area (Å²) in [4.78, 5) is 21.2. The Morgan fingerprint density at radius 2 is 1.79 bits per heavy atom. The van der Waals surface area contributed by atoms with Crippen LogP contribution in [-0.4, -0.2) is 67.6 Å². The van der Waals surface area contributed by atoms with Gasteiger partial charge in [0, 0.05) is 57.2 Å². The Kier molecular flexibility index (Phi) is 6.15.